The topological polar surface area (TPSA) is 71.8 Å². The van der Waals surface area contributed by atoms with Gasteiger partial charge in [-0.1, -0.05) is 19.9 Å². The van der Waals surface area contributed by atoms with Gasteiger partial charge in [-0.25, -0.2) is 28.7 Å². The molecule has 1 unspecified atom stereocenters. The smallest absolute Gasteiger partial charge is 0.229 e. The zero-order valence-electron chi connectivity index (χ0n) is 22.7. The van der Waals surface area contributed by atoms with Crippen LogP contribution in [0.3, 0.4) is 0 Å². The fourth-order valence-corrected chi connectivity index (χ4v) is 5.59. The molecule has 7 nitrogen and oxygen atoms in total. The van der Waals surface area contributed by atoms with Crippen LogP contribution in [0.2, 0.25) is 0 Å². The number of aryl methyl sites for hydroxylation is 1. The molecule has 1 N–H and O–H groups in total. The second kappa shape index (κ2) is 10.7. The molecule has 1 aliphatic rings. The molecule has 0 saturated carbocycles. The standard InChI is InChI=1S/C29H35F2N7/c1-6-37-11-9-20(10-12-37)18(4)21-7-8-26(32-15-21)35-29-33-16-24(31)27(36-29)22-13-23(30)28-25(14-22)38(17(2)3)19(5)34-28/h7-8,13-18,20H,6,9-12H2,1-5H3,(H,32,33,35,36). The molecule has 4 aromatic rings. The van der Waals surface area contributed by atoms with Crippen molar-refractivity contribution in [1.29, 1.82) is 0 Å². The Morgan fingerprint density at radius 3 is 2.42 bits per heavy atom. The Balaban J connectivity index is 1.37. The third-order valence-corrected chi connectivity index (χ3v) is 7.80. The monoisotopic (exact) mass is 519 g/mol. The largest absolute Gasteiger partial charge is 0.326 e. The van der Waals surface area contributed by atoms with Gasteiger partial charge in [-0.05, 0) is 88.8 Å². The summed E-state index contributed by atoms with van der Waals surface area (Å²) in [4.78, 5) is 19.9. The molecule has 1 fully saturated rings. The van der Waals surface area contributed by atoms with Crippen molar-refractivity contribution in [2.75, 3.05) is 25.0 Å². The maximum Gasteiger partial charge on any atom is 0.229 e. The van der Waals surface area contributed by atoms with Gasteiger partial charge in [-0.15, -0.1) is 0 Å². The number of imidazole rings is 1. The highest BCUT2D eigenvalue weighted by Gasteiger charge is 2.24. The summed E-state index contributed by atoms with van der Waals surface area (Å²) < 4.78 is 31.7. The molecule has 1 aliphatic heterocycles. The third-order valence-electron chi connectivity index (χ3n) is 7.80. The number of benzene rings is 1. The van der Waals surface area contributed by atoms with Crippen molar-refractivity contribution in [2.45, 2.75) is 59.4 Å². The molecule has 9 heteroatoms. The van der Waals surface area contributed by atoms with Crippen LogP contribution in [0.15, 0.2) is 36.7 Å². The van der Waals surface area contributed by atoms with Crippen LogP contribution >= 0.6 is 0 Å². The lowest BCUT2D eigenvalue weighted by molar-refractivity contribution is 0.178. The molecule has 3 aromatic heterocycles. The van der Waals surface area contributed by atoms with Crippen molar-refractivity contribution < 1.29 is 8.78 Å². The molecule has 0 radical (unpaired) electrons. The average Bonchev–Trinajstić information content (AvgIpc) is 3.26. The van der Waals surface area contributed by atoms with E-state index in [1.807, 2.05) is 37.6 Å². The molecular formula is C29H35F2N7. The molecule has 200 valence electrons. The van der Waals surface area contributed by atoms with Crippen molar-refractivity contribution in [2.24, 2.45) is 5.92 Å². The number of nitrogens with zero attached hydrogens (tertiary/aromatic N) is 6. The molecule has 1 atom stereocenters. The Bertz CT molecular complexity index is 1420. The van der Waals surface area contributed by atoms with Gasteiger partial charge in [0.25, 0.3) is 0 Å². The maximum absolute atomic E-state index is 15.0. The van der Waals surface area contributed by atoms with Crippen molar-refractivity contribution in [3.63, 3.8) is 0 Å². The summed E-state index contributed by atoms with van der Waals surface area (Å²) in [6.07, 6.45) is 5.38. The lowest BCUT2D eigenvalue weighted by Crippen LogP contribution is -2.34. The predicted octanol–water partition coefficient (Wildman–Crippen LogP) is 6.63. The van der Waals surface area contributed by atoms with Gasteiger partial charge in [0.2, 0.25) is 5.95 Å². The highest BCUT2D eigenvalue weighted by atomic mass is 19.1. The molecule has 0 aliphatic carbocycles. The van der Waals surface area contributed by atoms with Gasteiger partial charge in [-0.3, -0.25) is 0 Å². The van der Waals surface area contributed by atoms with E-state index in [1.54, 1.807) is 6.07 Å². The van der Waals surface area contributed by atoms with Crippen molar-refractivity contribution in [1.82, 2.24) is 29.4 Å². The van der Waals surface area contributed by atoms with Gasteiger partial charge in [0.05, 0.1) is 11.7 Å². The summed E-state index contributed by atoms with van der Waals surface area (Å²) in [5.41, 5.74) is 2.41. The summed E-state index contributed by atoms with van der Waals surface area (Å²) in [7, 11) is 0. The van der Waals surface area contributed by atoms with Crippen molar-refractivity contribution >= 4 is 22.8 Å². The molecule has 0 bridgehead atoms. The SMILES string of the molecule is CCN1CCC(C(C)c2ccc(Nc3ncc(F)c(-c4cc(F)c5nc(C)n(C(C)C)c5c4)n3)nc2)CC1. The number of halogens is 2. The third kappa shape index (κ3) is 5.12. The number of likely N-dealkylation sites (tertiary alicyclic amines) is 1. The summed E-state index contributed by atoms with van der Waals surface area (Å²) in [5.74, 6) is 1.39. The Morgan fingerprint density at radius 1 is 1.00 bits per heavy atom. The van der Waals surface area contributed by atoms with E-state index in [9.17, 15) is 8.78 Å². The molecule has 38 heavy (non-hydrogen) atoms. The lowest BCUT2D eigenvalue weighted by atomic mass is 9.82. The summed E-state index contributed by atoms with van der Waals surface area (Å²) in [6, 6.07) is 7.05. The van der Waals surface area contributed by atoms with Crippen LogP contribution in [0.4, 0.5) is 20.5 Å². The van der Waals surface area contributed by atoms with Crippen LogP contribution in [0, 0.1) is 24.5 Å². The van der Waals surface area contributed by atoms with E-state index >= 15 is 0 Å². The number of rotatable bonds is 7. The van der Waals surface area contributed by atoms with E-state index in [-0.39, 0.29) is 23.2 Å². The van der Waals surface area contributed by atoms with E-state index in [0.29, 0.717) is 34.6 Å². The highest BCUT2D eigenvalue weighted by Crippen LogP contribution is 2.33. The number of pyridine rings is 1. The van der Waals surface area contributed by atoms with Crippen LogP contribution in [-0.2, 0) is 0 Å². The number of hydrogen-bond acceptors (Lipinski definition) is 6. The highest BCUT2D eigenvalue weighted by molar-refractivity contribution is 5.83. The van der Waals surface area contributed by atoms with Gasteiger partial charge >= 0.3 is 0 Å². The Kier molecular flexibility index (Phi) is 7.38. The maximum atomic E-state index is 15.0. The minimum atomic E-state index is -0.632. The number of anilines is 2. The van der Waals surface area contributed by atoms with Gasteiger partial charge in [0, 0.05) is 17.8 Å². The zero-order valence-corrected chi connectivity index (χ0v) is 22.7. The summed E-state index contributed by atoms with van der Waals surface area (Å²) in [6.45, 7) is 13.7. The van der Waals surface area contributed by atoms with Crippen LogP contribution in [0.25, 0.3) is 22.3 Å². The number of aromatic nitrogens is 5. The fraction of sp³-hybridized carbons (Fsp3) is 0.448. The number of hydrogen-bond donors (Lipinski definition) is 1. The predicted molar refractivity (Wildman–Crippen MR) is 147 cm³/mol. The molecule has 1 saturated heterocycles. The number of fused-ring (bicyclic) bond motifs is 1. The summed E-state index contributed by atoms with van der Waals surface area (Å²) in [5, 5.41) is 3.07. The normalized spacial score (nSPS) is 15.9. The minimum absolute atomic E-state index is 0.0149. The second-order valence-corrected chi connectivity index (χ2v) is 10.5. The molecule has 0 spiro atoms. The van der Waals surface area contributed by atoms with E-state index in [1.165, 1.54) is 24.5 Å². The van der Waals surface area contributed by atoms with Crippen LogP contribution in [0.5, 0.6) is 0 Å². The number of piperidine rings is 1. The first-order valence-electron chi connectivity index (χ1n) is 13.4. The van der Waals surface area contributed by atoms with E-state index < -0.39 is 11.6 Å². The van der Waals surface area contributed by atoms with E-state index in [0.717, 1.165) is 25.8 Å². The Labute approximate surface area is 222 Å². The molecule has 1 aromatic carbocycles. The molecule has 0 amide bonds. The lowest BCUT2D eigenvalue weighted by Gasteiger charge is -2.34. The van der Waals surface area contributed by atoms with E-state index in [4.69, 9.17) is 0 Å². The van der Waals surface area contributed by atoms with Gasteiger partial charge in [-0.2, -0.15) is 0 Å². The molecule has 4 heterocycles. The summed E-state index contributed by atoms with van der Waals surface area (Å²) >= 11 is 0. The zero-order chi connectivity index (χ0) is 27.0. The van der Waals surface area contributed by atoms with Crippen molar-refractivity contribution in [3.05, 3.63) is 59.7 Å². The van der Waals surface area contributed by atoms with Crippen LogP contribution in [0.1, 0.15) is 63.9 Å². The minimum Gasteiger partial charge on any atom is -0.326 e. The molecular weight excluding hydrogens is 484 g/mol. The van der Waals surface area contributed by atoms with Gasteiger partial charge < -0.3 is 14.8 Å². The second-order valence-electron chi connectivity index (χ2n) is 10.5. The first-order valence-corrected chi connectivity index (χ1v) is 13.4. The average molecular weight is 520 g/mol. The van der Waals surface area contributed by atoms with E-state index in [2.05, 4.69) is 50.1 Å². The Hall–Kier alpha value is -3.46. The fourth-order valence-electron chi connectivity index (χ4n) is 5.59. The van der Waals surface area contributed by atoms with Crippen LogP contribution in [-0.4, -0.2) is 49.0 Å². The first-order chi connectivity index (χ1) is 18.2. The van der Waals surface area contributed by atoms with Gasteiger partial charge in [0.1, 0.15) is 22.9 Å². The quantitative estimate of drug-likeness (QED) is 0.295. The van der Waals surface area contributed by atoms with Crippen molar-refractivity contribution in [3.8, 4) is 11.3 Å². The molecule has 5 rings (SSSR count). The Morgan fingerprint density at radius 2 is 1.76 bits per heavy atom. The first kappa shape index (κ1) is 26.2. The number of nitrogens with one attached hydrogen (secondary N) is 1. The van der Waals surface area contributed by atoms with Gasteiger partial charge in [0.15, 0.2) is 11.6 Å². The van der Waals surface area contributed by atoms with Crippen LogP contribution < -0.4 is 5.32 Å².